The molecule has 17 heavy (non-hydrogen) atoms. The highest BCUT2D eigenvalue weighted by molar-refractivity contribution is 5.93. The number of carbonyl (C=O) groups excluding carboxylic acids is 1. The van der Waals surface area contributed by atoms with Crippen LogP contribution in [0.4, 0.5) is 10.1 Å². The van der Waals surface area contributed by atoms with Crippen molar-refractivity contribution in [2.45, 2.75) is 19.8 Å². The van der Waals surface area contributed by atoms with E-state index in [0.717, 1.165) is 31.5 Å². The highest BCUT2D eigenvalue weighted by atomic mass is 19.1. The Hall–Kier alpha value is -1.42. The largest absolute Gasteiger partial charge is 0.326 e. The third-order valence-corrected chi connectivity index (χ3v) is 3.11. The number of aryl methyl sites for hydroxylation is 1. The summed E-state index contributed by atoms with van der Waals surface area (Å²) in [6.45, 7) is 3.50. The van der Waals surface area contributed by atoms with Crippen LogP contribution in [0.25, 0.3) is 0 Å². The molecule has 3 nitrogen and oxygen atoms in total. The highest BCUT2D eigenvalue weighted by Gasteiger charge is 2.21. The summed E-state index contributed by atoms with van der Waals surface area (Å²) in [5.41, 5.74) is 1.45. The molecule has 1 aliphatic rings. The van der Waals surface area contributed by atoms with Gasteiger partial charge in [0.2, 0.25) is 5.91 Å². The Morgan fingerprint density at radius 1 is 1.53 bits per heavy atom. The number of nitrogens with one attached hydrogen (secondary N) is 2. The second kappa shape index (κ2) is 5.27. The van der Waals surface area contributed by atoms with E-state index in [0.29, 0.717) is 5.69 Å². The molecule has 2 rings (SSSR count). The lowest BCUT2D eigenvalue weighted by atomic mass is 9.98. The monoisotopic (exact) mass is 236 g/mol. The molecule has 0 radical (unpaired) electrons. The minimum atomic E-state index is -0.278. The minimum absolute atomic E-state index is 0.0203. The number of anilines is 1. The molecule has 1 aliphatic heterocycles. The zero-order valence-electron chi connectivity index (χ0n) is 9.92. The quantitative estimate of drug-likeness (QED) is 0.825. The zero-order chi connectivity index (χ0) is 12.3. The van der Waals surface area contributed by atoms with Crippen molar-refractivity contribution < 1.29 is 9.18 Å². The topological polar surface area (TPSA) is 41.1 Å². The van der Waals surface area contributed by atoms with Crippen LogP contribution in [0.2, 0.25) is 0 Å². The zero-order valence-corrected chi connectivity index (χ0v) is 9.92. The van der Waals surface area contributed by atoms with Crippen molar-refractivity contribution in [3.05, 3.63) is 29.6 Å². The van der Waals surface area contributed by atoms with Crippen molar-refractivity contribution in [3.8, 4) is 0 Å². The van der Waals surface area contributed by atoms with E-state index in [1.807, 2.05) is 0 Å². The van der Waals surface area contributed by atoms with Crippen LogP contribution in [0.5, 0.6) is 0 Å². The van der Waals surface area contributed by atoms with Crippen molar-refractivity contribution in [1.82, 2.24) is 5.32 Å². The standard InChI is InChI=1S/C13H17FN2O/c1-9-7-11(14)4-5-12(9)16-13(17)10-3-2-6-15-8-10/h4-5,7,10,15H,2-3,6,8H2,1H3,(H,16,17). The molecule has 2 N–H and O–H groups in total. The number of halogens is 1. The van der Waals surface area contributed by atoms with E-state index in [1.54, 1.807) is 13.0 Å². The number of carbonyl (C=O) groups is 1. The summed E-state index contributed by atoms with van der Waals surface area (Å²) < 4.78 is 12.9. The van der Waals surface area contributed by atoms with Crippen LogP contribution in [0.1, 0.15) is 18.4 Å². The van der Waals surface area contributed by atoms with Gasteiger partial charge in [-0.3, -0.25) is 4.79 Å². The summed E-state index contributed by atoms with van der Waals surface area (Å²) in [6, 6.07) is 4.40. The molecule has 1 aromatic rings. The normalized spacial score (nSPS) is 20.0. The minimum Gasteiger partial charge on any atom is -0.326 e. The molecule has 0 spiro atoms. The van der Waals surface area contributed by atoms with Crippen LogP contribution in [0.15, 0.2) is 18.2 Å². The lowest BCUT2D eigenvalue weighted by Gasteiger charge is -2.22. The molecule has 0 aromatic heterocycles. The van der Waals surface area contributed by atoms with Gasteiger partial charge in [-0.05, 0) is 50.1 Å². The number of rotatable bonds is 2. The molecular weight excluding hydrogens is 219 g/mol. The number of piperidine rings is 1. The number of amides is 1. The molecule has 1 unspecified atom stereocenters. The summed E-state index contributed by atoms with van der Waals surface area (Å²) in [6.07, 6.45) is 1.94. The van der Waals surface area contributed by atoms with E-state index < -0.39 is 0 Å². The number of hydrogen-bond donors (Lipinski definition) is 2. The van der Waals surface area contributed by atoms with Gasteiger partial charge >= 0.3 is 0 Å². The fourth-order valence-electron chi connectivity index (χ4n) is 2.08. The summed E-state index contributed by atoms with van der Waals surface area (Å²) in [7, 11) is 0. The molecule has 1 saturated heterocycles. The van der Waals surface area contributed by atoms with Crippen LogP contribution in [-0.2, 0) is 4.79 Å². The first kappa shape index (κ1) is 12.0. The first-order valence-electron chi connectivity index (χ1n) is 5.94. The van der Waals surface area contributed by atoms with Crippen LogP contribution >= 0.6 is 0 Å². The summed E-state index contributed by atoms with van der Waals surface area (Å²) in [5.74, 6) is -0.236. The van der Waals surface area contributed by atoms with Gasteiger partial charge in [-0.15, -0.1) is 0 Å². The highest BCUT2D eigenvalue weighted by Crippen LogP contribution is 2.18. The van der Waals surface area contributed by atoms with Crippen molar-refractivity contribution in [1.29, 1.82) is 0 Å². The molecule has 0 aliphatic carbocycles. The second-order valence-corrected chi connectivity index (χ2v) is 4.49. The smallest absolute Gasteiger partial charge is 0.228 e. The molecule has 1 fully saturated rings. The molecule has 92 valence electrons. The fourth-order valence-corrected chi connectivity index (χ4v) is 2.08. The summed E-state index contributed by atoms with van der Waals surface area (Å²) in [5, 5.41) is 6.07. The van der Waals surface area contributed by atoms with Gasteiger partial charge in [-0.1, -0.05) is 0 Å². The lowest BCUT2D eigenvalue weighted by Crippen LogP contribution is -2.37. The molecular formula is C13H17FN2O. The van der Waals surface area contributed by atoms with E-state index in [2.05, 4.69) is 10.6 Å². The third kappa shape index (κ3) is 3.03. The number of hydrogen-bond acceptors (Lipinski definition) is 2. The second-order valence-electron chi connectivity index (χ2n) is 4.49. The van der Waals surface area contributed by atoms with Gasteiger partial charge < -0.3 is 10.6 Å². The Morgan fingerprint density at radius 2 is 2.35 bits per heavy atom. The van der Waals surface area contributed by atoms with Crippen LogP contribution < -0.4 is 10.6 Å². The molecule has 0 bridgehead atoms. The van der Waals surface area contributed by atoms with E-state index >= 15 is 0 Å². The molecule has 1 aromatic carbocycles. The van der Waals surface area contributed by atoms with E-state index in [4.69, 9.17) is 0 Å². The Morgan fingerprint density at radius 3 is 3.00 bits per heavy atom. The molecule has 1 heterocycles. The predicted octanol–water partition coefficient (Wildman–Crippen LogP) is 2.07. The average Bonchev–Trinajstić information content (AvgIpc) is 2.34. The van der Waals surface area contributed by atoms with Crippen LogP contribution in [0, 0.1) is 18.7 Å². The Balaban J connectivity index is 2.02. The van der Waals surface area contributed by atoms with Crippen molar-refractivity contribution in [2.75, 3.05) is 18.4 Å². The first-order valence-corrected chi connectivity index (χ1v) is 5.94. The van der Waals surface area contributed by atoms with Crippen LogP contribution in [0.3, 0.4) is 0 Å². The van der Waals surface area contributed by atoms with E-state index in [1.165, 1.54) is 12.1 Å². The maximum absolute atomic E-state index is 12.9. The Labute approximate surface area is 100 Å². The van der Waals surface area contributed by atoms with Crippen LogP contribution in [-0.4, -0.2) is 19.0 Å². The Kier molecular flexibility index (Phi) is 3.74. The molecule has 4 heteroatoms. The van der Waals surface area contributed by atoms with Crippen molar-refractivity contribution in [2.24, 2.45) is 5.92 Å². The predicted molar refractivity (Wildman–Crippen MR) is 65.4 cm³/mol. The van der Waals surface area contributed by atoms with Crippen molar-refractivity contribution >= 4 is 11.6 Å². The molecule has 1 amide bonds. The maximum Gasteiger partial charge on any atom is 0.228 e. The SMILES string of the molecule is Cc1cc(F)ccc1NC(=O)C1CCCNC1. The van der Waals surface area contributed by atoms with Gasteiger partial charge in [0.15, 0.2) is 0 Å². The van der Waals surface area contributed by atoms with Gasteiger partial charge in [0.1, 0.15) is 5.82 Å². The average molecular weight is 236 g/mol. The fraction of sp³-hybridized carbons (Fsp3) is 0.462. The summed E-state index contributed by atoms with van der Waals surface area (Å²) >= 11 is 0. The molecule has 1 atom stereocenters. The van der Waals surface area contributed by atoms with Gasteiger partial charge in [-0.25, -0.2) is 4.39 Å². The van der Waals surface area contributed by atoms with Gasteiger partial charge in [0.05, 0.1) is 5.92 Å². The Bertz CT molecular complexity index is 414. The van der Waals surface area contributed by atoms with Crippen molar-refractivity contribution in [3.63, 3.8) is 0 Å². The van der Waals surface area contributed by atoms with E-state index in [-0.39, 0.29) is 17.6 Å². The lowest BCUT2D eigenvalue weighted by molar-refractivity contribution is -0.120. The third-order valence-electron chi connectivity index (χ3n) is 3.11. The van der Waals surface area contributed by atoms with E-state index in [9.17, 15) is 9.18 Å². The maximum atomic E-state index is 12.9. The van der Waals surface area contributed by atoms with Gasteiger partial charge in [0, 0.05) is 12.2 Å². The summed E-state index contributed by atoms with van der Waals surface area (Å²) in [4.78, 5) is 12.0. The first-order chi connectivity index (χ1) is 8.16. The molecule has 0 saturated carbocycles. The van der Waals surface area contributed by atoms with Gasteiger partial charge in [0.25, 0.3) is 0 Å². The van der Waals surface area contributed by atoms with Gasteiger partial charge in [-0.2, -0.15) is 0 Å². The number of benzene rings is 1.